The second-order valence-corrected chi connectivity index (χ2v) is 7.59. The van der Waals surface area contributed by atoms with Gasteiger partial charge in [-0.3, -0.25) is 4.79 Å². The summed E-state index contributed by atoms with van der Waals surface area (Å²) in [5, 5.41) is 0. The van der Waals surface area contributed by atoms with Crippen LogP contribution >= 0.6 is 0 Å². The first kappa shape index (κ1) is 18.8. The summed E-state index contributed by atoms with van der Waals surface area (Å²) in [6, 6.07) is -0.767. The lowest BCUT2D eigenvalue weighted by Gasteiger charge is -2.43. The summed E-state index contributed by atoms with van der Waals surface area (Å²) in [5.41, 5.74) is -0.952. The standard InChI is InChI=1S/C15H24F3NO3/c1-13(2,3)22-12(21)19-9-14(4,5)7-6-10(19)8-11(20)15(16,17)18/h10H,6-9H2,1-5H3. The Labute approximate surface area is 129 Å². The second kappa shape index (κ2) is 6.08. The zero-order valence-electron chi connectivity index (χ0n) is 13.7. The molecule has 1 saturated heterocycles. The number of likely N-dealkylation sites (tertiary alicyclic amines) is 1. The fraction of sp³-hybridized carbons (Fsp3) is 0.867. The van der Waals surface area contributed by atoms with Crippen molar-refractivity contribution in [3.8, 4) is 0 Å². The van der Waals surface area contributed by atoms with Crippen molar-refractivity contribution < 1.29 is 27.5 Å². The Bertz CT molecular complexity index is 438. The monoisotopic (exact) mass is 323 g/mol. The molecule has 1 rings (SSSR count). The average Bonchev–Trinajstić information content (AvgIpc) is 2.27. The molecule has 4 nitrogen and oxygen atoms in total. The van der Waals surface area contributed by atoms with E-state index in [2.05, 4.69) is 0 Å². The van der Waals surface area contributed by atoms with E-state index >= 15 is 0 Å². The van der Waals surface area contributed by atoms with Crippen LogP contribution < -0.4 is 0 Å². The molecule has 128 valence electrons. The zero-order chi connectivity index (χ0) is 17.3. The summed E-state index contributed by atoms with van der Waals surface area (Å²) in [7, 11) is 0. The lowest BCUT2D eigenvalue weighted by molar-refractivity contribution is -0.172. The normalized spacial score (nSPS) is 22.4. The van der Waals surface area contributed by atoms with E-state index in [1.807, 2.05) is 13.8 Å². The number of hydrogen-bond acceptors (Lipinski definition) is 3. The van der Waals surface area contributed by atoms with Crippen LogP contribution in [-0.2, 0) is 9.53 Å². The van der Waals surface area contributed by atoms with Gasteiger partial charge in [0.2, 0.25) is 5.78 Å². The fourth-order valence-corrected chi connectivity index (χ4v) is 2.46. The largest absolute Gasteiger partial charge is 0.450 e. The molecule has 1 unspecified atom stereocenters. The van der Waals surface area contributed by atoms with E-state index in [1.165, 1.54) is 4.90 Å². The van der Waals surface area contributed by atoms with Gasteiger partial charge in [-0.05, 0) is 39.0 Å². The first-order valence-electron chi connectivity index (χ1n) is 7.31. The van der Waals surface area contributed by atoms with E-state index in [0.717, 1.165) is 0 Å². The summed E-state index contributed by atoms with van der Waals surface area (Å²) >= 11 is 0. The molecule has 0 bridgehead atoms. The number of amides is 1. The van der Waals surface area contributed by atoms with Crippen molar-refractivity contribution in [1.29, 1.82) is 0 Å². The summed E-state index contributed by atoms with van der Waals surface area (Å²) in [5.74, 6) is -1.80. The highest BCUT2D eigenvalue weighted by Gasteiger charge is 2.44. The third-order valence-corrected chi connectivity index (χ3v) is 3.56. The minimum Gasteiger partial charge on any atom is -0.444 e. The fourth-order valence-electron chi connectivity index (χ4n) is 2.46. The summed E-state index contributed by atoms with van der Waals surface area (Å²) in [6.45, 7) is 9.22. The molecule has 0 N–H and O–H groups in total. The van der Waals surface area contributed by atoms with E-state index in [1.54, 1.807) is 20.8 Å². The Morgan fingerprint density at radius 2 is 1.77 bits per heavy atom. The van der Waals surface area contributed by atoms with Crippen LogP contribution in [0.4, 0.5) is 18.0 Å². The van der Waals surface area contributed by atoms with Gasteiger partial charge in [-0.25, -0.2) is 4.79 Å². The van der Waals surface area contributed by atoms with E-state index < -0.39 is 36.1 Å². The van der Waals surface area contributed by atoms with E-state index in [9.17, 15) is 22.8 Å². The van der Waals surface area contributed by atoms with Crippen molar-refractivity contribution in [3.05, 3.63) is 0 Å². The van der Waals surface area contributed by atoms with Crippen LogP contribution in [-0.4, -0.2) is 41.1 Å². The Morgan fingerprint density at radius 3 is 2.23 bits per heavy atom. The highest BCUT2D eigenvalue weighted by atomic mass is 19.4. The molecule has 0 aromatic rings. The van der Waals surface area contributed by atoms with Crippen molar-refractivity contribution in [3.63, 3.8) is 0 Å². The van der Waals surface area contributed by atoms with E-state index in [4.69, 9.17) is 4.74 Å². The molecule has 7 heteroatoms. The quantitative estimate of drug-likeness (QED) is 0.773. The second-order valence-electron chi connectivity index (χ2n) is 7.59. The molecule has 0 saturated carbocycles. The molecule has 0 spiro atoms. The maximum absolute atomic E-state index is 12.5. The van der Waals surface area contributed by atoms with Crippen molar-refractivity contribution in [2.45, 2.75) is 71.7 Å². The topological polar surface area (TPSA) is 46.6 Å². The van der Waals surface area contributed by atoms with Gasteiger partial charge in [0.25, 0.3) is 0 Å². The minimum atomic E-state index is -4.87. The van der Waals surface area contributed by atoms with Crippen LogP contribution in [0.15, 0.2) is 0 Å². The van der Waals surface area contributed by atoms with Crippen LogP contribution in [0.5, 0.6) is 0 Å². The smallest absolute Gasteiger partial charge is 0.444 e. The number of carbonyl (C=O) groups is 2. The lowest BCUT2D eigenvalue weighted by atomic mass is 9.80. The van der Waals surface area contributed by atoms with Crippen LogP contribution in [0.1, 0.15) is 53.9 Å². The third kappa shape index (κ3) is 5.50. The number of nitrogens with zero attached hydrogens (tertiary/aromatic N) is 1. The molecule has 1 atom stereocenters. The number of ether oxygens (including phenoxy) is 1. The van der Waals surface area contributed by atoms with Crippen LogP contribution in [0.2, 0.25) is 0 Å². The van der Waals surface area contributed by atoms with Gasteiger partial charge in [0.1, 0.15) is 5.60 Å². The lowest BCUT2D eigenvalue weighted by Crippen LogP contribution is -2.52. The van der Waals surface area contributed by atoms with Gasteiger partial charge in [0.15, 0.2) is 0 Å². The third-order valence-electron chi connectivity index (χ3n) is 3.56. The van der Waals surface area contributed by atoms with Crippen molar-refractivity contribution in [2.75, 3.05) is 6.54 Å². The predicted molar refractivity (Wildman–Crippen MR) is 75.4 cm³/mol. The van der Waals surface area contributed by atoms with E-state index in [0.29, 0.717) is 12.8 Å². The molecule has 0 aromatic heterocycles. The van der Waals surface area contributed by atoms with Crippen molar-refractivity contribution in [1.82, 2.24) is 4.90 Å². The predicted octanol–water partition coefficient (Wildman–Crippen LogP) is 3.93. The summed E-state index contributed by atoms with van der Waals surface area (Å²) < 4.78 is 42.7. The zero-order valence-corrected chi connectivity index (χ0v) is 13.7. The average molecular weight is 323 g/mol. The van der Waals surface area contributed by atoms with Gasteiger partial charge in [-0.15, -0.1) is 0 Å². The highest BCUT2D eigenvalue weighted by Crippen LogP contribution is 2.35. The molecule has 1 aliphatic rings. The van der Waals surface area contributed by atoms with Crippen LogP contribution in [0.25, 0.3) is 0 Å². The summed E-state index contributed by atoms with van der Waals surface area (Å²) in [6.07, 6.45) is -5.23. The first-order chi connectivity index (χ1) is 9.71. The maximum atomic E-state index is 12.5. The Balaban J connectivity index is 2.89. The minimum absolute atomic E-state index is 0.214. The molecular weight excluding hydrogens is 299 g/mol. The molecule has 0 aliphatic carbocycles. The molecule has 1 aliphatic heterocycles. The highest BCUT2D eigenvalue weighted by molar-refractivity contribution is 5.85. The SMILES string of the molecule is CC1(C)CCC(CC(=O)C(F)(F)F)N(C(=O)OC(C)(C)C)C1. The van der Waals surface area contributed by atoms with Gasteiger partial charge in [0, 0.05) is 19.0 Å². The van der Waals surface area contributed by atoms with Gasteiger partial charge in [0.05, 0.1) is 0 Å². The van der Waals surface area contributed by atoms with Gasteiger partial charge in [-0.2, -0.15) is 13.2 Å². The molecule has 1 amide bonds. The van der Waals surface area contributed by atoms with Gasteiger partial charge < -0.3 is 9.64 Å². The number of carbonyl (C=O) groups excluding carboxylic acids is 2. The maximum Gasteiger partial charge on any atom is 0.450 e. The first-order valence-corrected chi connectivity index (χ1v) is 7.31. The molecule has 1 fully saturated rings. The number of hydrogen-bond donors (Lipinski definition) is 0. The number of piperidine rings is 1. The summed E-state index contributed by atoms with van der Waals surface area (Å²) in [4.78, 5) is 24.8. The van der Waals surface area contributed by atoms with Crippen molar-refractivity contribution in [2.24, 2.45) is 5.41 Å². The molecular formula is C15H24F3NO3. The number of ketones is 1. The van der Waals surface area contributed by atoms with Gasteiger partial charge in [-0.1, -0.05) is 13.8 Å². The molecule has 0 aromatic carbocycles. The number of alkyl halides is 3. The molecule has 1 heterocycles. The Kier molecular flexibility index (Phi) is 5.19. The number of rotatable bonds is 2. The molecule has 22 heavy (non-hydrogen) atoms. The number of halogens is 3. The molecule has 0 radical (unpaired) electrons. The van der Waals surface area contributed by atoms with Crippen LogP contribution in [0, 0.1) is 5.41 Å². The van der Waals surface area contributed by atoms with E-state index in [-0.39, 0.29) is 12.0 Å². The number of Topliss-reactive ketones (excluding diaryl/α,β-unsaturated/α-hetero) is 1. The Morgan fingerprint density at radius 1 is 1.23 bits per heavy atom. The van der Waals surface area contributed by atoms with Crippen molar-refractivity contribution >= 4 is 11.9 Å². The van der Waals surface area contributed by atoms with Crippen LogP contribution in [0.3, 0.4) is 0 Å². The van der Waals surface area contributed by atoms with Gasteiger partial charge >= 0.3 is 12.3 Å². The Hall–Kier alpha value is -1.27.